The van der Waals surface area contributed by atoms with Crippen molar-refractivity contribution >= 4 is 23.3 Å². The second-order valence-electron chi connectivity index (χ2n) is 3.80. The third kappa shape index (κ3) is 2.37. The van der Waals surface area contributed by atoms with Gasteiger partial charge in [-0.25, -0.2) is 4.98 Å². The molecule has 2 rings (SSSR count). The van der Waals surface area contributed by atoms with Crippen molar-refractivity contribution < 1.29 is 9.53 Å². The molecule has 0 aromatic carbocycles. The number of carbonyl (C=O) groups excluding carboxylic acids is 1. The molecule has 0 radical (unpaired) electrons. The highest BCUT2D eigenvalue weighted by atomic mass is 35.5. The Bertz CT molecular complexity index is 514. The van der Waals surface area contributed by atoms with Crippen LogP contribution in [0.3, 0.4) is 0 Å². The van der Waals surface area contributed by atoms with Crippen molar-refractivity contribution in [1.29, 1.82) is 5.26 Å². The minimum Gasteiger partial charge on any atom is -0.377 e. The van der Waals surface area contributed by atoms with Gasteiger partial charge >= 0.3 is 0 Å². The van der Waals surface area contributed by atoms with Crippen LogP contribution in [0.5, 0.6) is 0 Å². The molecule has 18 heavy (non-hydrogen) atoms. The summed E-state index contributed by atoms with van der Waals surface area (Å²) in [6, 6.07) is 4.57. The Labute approximate surface area is 109 Å². The van der Waals surface area contributed by atoms with Crippen LogP contribution in [-0.2, 0) is 9.53 Å². The van der Waals surface area contributed by atoms with Gasteiger partial charge in [-0.3, -0.25) is 4.79 Å². The van der Waals surface area contributed by atoms with E-state index in [2.05, 4.69) is 4.98 Å². The lowest BCUT2D eigenvalue weighted by Gasteiger charge is -2.34. The molecule has 6 nitrogen and oxygen atoms in total. The van der Waals surface area contributed by atoms with E-state index in [1.54, 1.807) is 17.0 Å². The average Bonchev–Trinajstić information content (AvgIpc) is 2.39. The molecule has 1 fully saturated rings. The molecule has 0 aliphatic carbocycles. The van der Waals surface area contributed by atoms with Gasteiger partial charge in [-0.2, -0.15) is 5.26 Å². The molecule has 0 bridgehead atoms. The summed E-state index contributed by atoms with van der Waals surface area (Å²) in [4.78, 5) is 17.2. The van der Waals surface area contributed by atoms with Crippen LogP contribution in [0.2, 0.25) is 5.02 Å². The van der Waals surface area contributed by atoms with E-state index in [1.807, 2.05) is 6.07 Å². The standard InChI is InChI=1S/C11H11ClN4O2/c12-7-1-2-10(15-8(7)5-13)16-3-4-18-6-9(16)11(14)17/h1-2,9H,3-4,6H2,(H2,14,17). The van der Waals surface area contributed by atoms with Gasteiger partial charge in [-0.15, -0.1) is 0 Å². The lowest BCUT2D eigenvalue weighted by molar-refractivity contribution is -0.121. The van der Waals surface area contributed by atoms with Gasteiger partial charge in [-0.1, -0.05) is 11.6 Å². The topological polar surface area (TPSA) is 92.2 Å². The van der Waals surface area contributed by atoms with Gasteiger partial charge in [0.25, 0.3) is 0 Å². The highest BCUT2D eigenvalue weighted by Gasteiger charge is 2.28. The number of morpholine rings is 1. The number of pyridine rings is 1. The van der Waals surface area contributed by atoms with E-state index in [4.69, 9.17) is 27.3 Å². The first-order valence-electron chi connectivity index (χ1n) is 5.34. The van der Waals surface area contributed by atoms with Crippen molar-refractivity contribution in [2.24, 2.45) is 5.73 Å². The maximum atomic E-state index is 11.3. The van der Waals surface area contributed by atoms with Crippen LogP contribution in [0.1, 0.15) is 5.69 Å². The summed E-state index contributed by atoms with van der Waals surface area (Å²) in [6.07, 6.45) is 0. The molecule has 0 spiro atoms. The van der Waals surface area contributed by atoms with Crippen molar-refractivity contribution in [3.63, 3.8) is 0 Å². The quantitative estimate of drug-likeness (QED) is 0.831. The summed E-state index contributed by atoms with van der Waals surface area (Å²) in [5.74, 6) is 0.0213. The van der Waals surface area contributed by atoms with Crippen molar-refractivity contribution in [2.45, 2.75) is 6.04 Å². The number of halogens is 1. The van der Waals surface area contributed by atoms with Crippen LogP contribution in [-0.4, -0.2) is 36.7 Å². The number of carbonyl (C=O) groups is 1. The molecule has 1 amide bonds. The summed E-state index contributed by atoms with van der Waals surface area (Å²) < 4.78 is 5.21. The lowest BCUT2D eigenvalue weighted by atomic mass is 10.2. The predicted octanol–water partition coefficient (Wildman–Crippen LogP) is 0.297. The first-order chi connectivity index (χ1) is 8.63. The van der Waals surface area contributed by atoms with E-state index in [9.17, 15) is 4.79 Å². The largest absolute Gasteiger partial charge is 0.377 e. The number of rotatable bonds is 2. The Hall–Kier alpha value is -1.84. The van der Waals surface area contributed by atoms with Gasteiger partial charge in [0.15, 0.2) is 5.69 Å². The minimum atomic E-state index is -0.570. The Kier molecular flexibility index (Phi) is 3.65. The van der Waals surface area contributed by atoms with Crippen LogP contribution >= 0.6 is 11.6 Å². The van der Waals surface area contributed by atoms with Crippen LogP contribution in [0.25, 0.3) is 0 Å². The lowest BCUT2D eigenvalue weighted by Crippen LogP contribution is -2.53. The Balaban J connectivity index is 2.34. The average molecular weight is 267 g/mol. The maximum Gasteiger partial charge on any atom is 0.242 e. The number of hydrogen-bond acceptors (Lipinski definition) is 5. The summed E-state index contributed by atoms with van der Waals surface area (Å²) >= 11 is 5.81. The van der Waals surface area contributed by atoms with Crippen LogP contribution in [0.15, 0.2) is 12.1 Å². The molecule has 1 saturated heterocycles. The van der Waals surface area contributed by atoms with Crippen molar-refractivity contribution in [2.75, 3.05) is 24.7 Å². The van der Waals surface area contributed by atoms with Gasteiger partial charge in [0.1, 0.15) is 17.9 Å². The molecule has 94 valence electrons. The number of aromatic nitrogens is 1. The first-order valence-corrected chi connectivity index (χ1v) is 5.71. The van der Waals surface area contributed by atoms with E-state index in [-0.39, 0.29) is 17.3 Å². The van der Waals surface area contributed by atoms with Crippen molar-refractivity contribution in [3.05, 3.63) is 22.8 Å². The Morgan fingerprint density at radius 3 is 3.11 bits per heavy atom. The fourth-order valence-corrected chi connectivity index (χ4v) is 1.93. The summed E-state index contributed by atoms with van der Waals surface area (Å²) in [5.41, 5.74) is 5.44. The molecule has 1 atom stereocenters. The number of nitrogens with zero attached hydrogens (tertiary/aromatic N) is 3. The van der Waals surface area contributed by atoms with Gasteiger partial charge in [-0.05, 0) is 12.1 Å². The molecule has 1 aliphatic heterocycles. The molecule has 7 heteroatoms. The molecule has 0 saturated carbocycles. The monoisotopic (exact) mass is 266 g/mol. The zero-order chi connectivity index (χ0) is 13.1. The number of primary amides is 1. The Morgan fingerprint density at radius 2 is 2.44 bits per heavy atom. The SMILES string of the molecule is N#Cc1nc(N2CCOCC2C(N)=O)ccc1Cl. The Morgan fingerprint density at radius 1 is 1.67 bits per heavy atom. The smallest absolute Gasteiger partial charge is 0.242 e. The van der Waals surface area contributed by atoms with Gasteiger partial charge in [0.2, 0.25) is 5.91 Å². The predicted molar refractivity (Wildman–Crippen MR) is 65.1 cm³/mol. The zero-order valence-electron chi connectivity index (χ0n) is 9.47. The zero-order valence-corrected chi connectivity index (χ0v) is 10.2. The van der Waals surface area contributed by atoms with E-state index in [0.29, 0.717) is 19.0 Å². The minimum absolute atomic E-state index is 0.129. The van der Waals surface area contributed by atoms with Gasteiger partial charge in [0, 0.05) is 6.54 Å². The van der Waals surface area contributed by atoms with Crippen LogP contribution in [0, 0.1) is 11.3 Å². The number of anilines is 1. The molecule has 1 aliphatic rings. The normalized spacial score (nSPS) is 19.3. The molecular formula is C11H11ClN4O2. The molecule has 1 aromatic rings. The number of nitriles is 1. The molecule has 2 heterocycles. The van der Waals surface area contributed by atoms with Crippen molar-refractivity contribution in [3.8, 4) is 6.07 Å². The number of amides is 1. The second kappa shape index (κ2) is 5.21. The van der Waals surface area contributed by atoms with Gasteiger partial charge < -0.3 is 15.4 Å². The first kappa shape index (κ1) is 12.6. The highest BCUT2D eigenvalue weighted by molar-refractivity contribution is 6.31. The van der Waals surface area contributed by atoms with E-state index >= 15 is 0 Å². The van der Waals surface area contributed by atoms with Gasteiger partial charge in [0.05, 0.1) is 18.2 Å². The third-order valence-electron chi connectivity index (χ3n) is 2.69. The van der Waals surface area contributed by atoms with E-state index in [1.165, 1.54) is 0 Å². The third-order valence-corrected chi connectivity index (χ3v) is 2.99. The summed E-state index contributed by atoms with van der Waals surface area (Å²) in [5, 5.41) is 9.17. The fraction of sp³-hybridized carbons (Fsp3) is 0.364. The molecule has 2 N–H and O–H groups in total. The summed E-state index contributed by atoms with van der Waals surface area (Å²) in [6.45, 7) is 1.20. The fourth-order valence-electron chi connectivity index (χ4n) is 1.78. The molecule has 1 unspecified atom stereocenters. The van der Waals surface area contributed by atoms with E-state index in [0.717, 1.165) is 0 Å². The molecular weight excluding hydrogens is 256 g/mol. The second-order valence-corrected chi connectivity index (χ2v) is 4.21. The van der Waals surface area contributed by atoms with E-state index < -0.39 is 11.9 Å². The highest BCUT2D eigenvalue weighted by Crippen LogP contribution is 2.21. The van der Waals surface area contributed by atoms with Crippen molar-refractivity contribution in [1.82, 2.24) is 4.98 Å². The number of hydrogen-bond donors (Lipinski definition) is 1. The number of nitrogens with two attached hydrogens (primary N) is 1. The van der Waals surface area contributed by atoms with Crippen LogP contribution < -0.4 is 10.6 Å². The maximum absolute atomic E-state index is 11.3. The molecule has 1 aromatic heterocycles. The van der Waals surface area contributed by atoms with Crippen LogP contribution in [0.4, 0.5) is 5.82 Å². The summed E-state index contributed by atoms with van der Waals surface area (Å²) in [7, 11) is 0. The number of ether oxygens (including phenoxy) is 1.